The van der Waals surface area contributed by atoms with Crippen molar-refractivity contribution in [3.63, 3.8) is 0 Å². The molecule has 0 atom stereocenters. The lowest BCUT2D eigenvalue weighted by atomic mass is 10.2. The predicted octanol–water partition coefficient (Wildman–Crippen LogP) is 2.63. The SMILES string of the molecule is COc1ccc(/C=C(/Br)C=O)cc1. The quantitative estimate of drug-likeness (QED) is 0.600. The third-order valence-corrected chi connectivity index (χ3v) is 1.95. The average molecular weight is 241 g/mol. The van der Waals surface area contributed by atoms with E-state index in [9.17, 15) is 4.79 Å². The van der Waals surface area contributed by atoms with Crippen LogP contribution in [0.4, 0.5) is 0 Å². The number of hydrogen-bond donors (Lipinski definition) is 0. The molecule has 0 fully saturated rings. The van der Waals surface area contributed by atoms with E-state index in [2.05, 4.69) is 15.9 Å². The highest BCUT2D eigenvalue weighted by molar-refractivity contribution is 9.12. The first-order valence-corrected chi connectivity index (χ1v) is 4.52. The number of halogens is 1. The van der Waals surface area contributed by atoms with E-state index < -0.39 is 0 Å². The van der Waals surface area contributed by atoms with Crippen molar-refractivity contribution in [1.82, 2.24) is 0 Å². The van der Waals surface area contributed by atoms with Crippen LogP contribution in [0.3, 0.4) is 0 Å². The molecule has 0 unspecified atom stereocenters. The molecule has 0 radical (unpaired) electrons. The smallest absolute Gasteiger partial charge is 0.157 e. The van der Waals surface area contributed by atoms with Crippen molar-refractivity contribution in [1.29, 1.82) is 0 Å². The van der Waals surface area contributed by atoms with Crippen molar-refractivity contribution >= 4 is 28.3 Å². The first-order valence-electron chi connectivity index (χ1n) is 3.72. The van der Waals surface area contributed by atoms with Crippen molar-refractivity contribution < 1.29 is 9.53 Å². The van der Waals surface area contributed by atoms with Crippen molar-refractivity contribution in [3.8, 4) is 5.75 Å². The lowest BCUT2D eigenvalue weighted by Gasteiger charge is -1.98. The molecule has 0 N–H and O–H groups in total. The van der Waals surface area contributed by atoms with Crippen LogP contribution >= 0.6 is 15.9 Å². The van der Waals surface area contributed by atoms with Gasteiger partial charge < -0.3 is 4.74 Å². The van der Waals surface area contributed by atoms with Crippen LogP contribution in [0.15, 0.2) is 28.7 Å². The highest BCUT2D eigenvalue weighted by Crippen LogP contribution is 2.14. The van der Waals surface area contributed by atoms with Gasteiger partial charge in [-0.05, 0) is 39.7 Å². The van der Waals surface area contributed by atoms with Crippen molar-refractivity contribution in [2.45, 2.75) is 0 Å². The molecular weight excluding hydrogens is 232 g/mol. The topological polar surface area (TPSA) is 26.3 Å². The average Bonchev–Trinajstić information content (AvgIpc) is 2.19. The summed E-state index contributed by atoms with van der Waals surface area (Å²) in [5, 5.41) is 0. The summed E-state index contributed by atoms with van der Waals surface area (Å²) in [7, 11) is 1.62. The maximum atomic E-state index is 10.3. The number of allylic oxidation sites excluding steroid dienone is 1. The Balaban J connectivity index is 2.86. The van der Waals surface area contributed by atoms with Crippen LogP contribution in [-0.2, 0) is 4.79 Å². The molecule has 3 heteroatoms. The summed E-state index contributed by atoms with van der Waals surface area (Å²) in [5.74, 6) is 0.805. The number of rotatable bonds is 3. The number of ether oxygens (including phenoxy) is 1. The zero-order chi connectivity index (χ0) is 9.68. The number of carbonyl (C=O) groups is 1. The van der Waals surface area contributed by atoms with E-state index in [-0.39, 0.29) is 0 Å². The van der Waals surface area contributed by atoms with Crippen LogP contribution < -0.4 is 4.74 Å². The minimum absolute atomic E-state index is 0.526. The maximum Gasteiger partial charge on any atom is 0.157 e. The van der Waals surface area contributed by atoms with Crippen LogP contribution in [0.1, 0.15) is 5.56 Å². The van der Waals surface area contributed by atoms with Gasteiger partial charge >= 0.3 is 0 Å². The van der Waals surface area contributed by atoms with Gasteiger partial charge in [0.2, 0.25) is 0 Å². The highest BCUT2D eigenvalue weighted by Gasteiger charge is 1.92. The van der Waals surface area contributed by atoms with Gasteiger partial charge in [0.05, 0.1) is 11.6 Å². The second kappa shape index (κ2) is 4.82. The second-order valence-corrected chi connectivity index (χ2v) is 3.34. The van der Waals surface area contributed by atoms with Crippen LogP contribution in [0, 0.1) is 0 Å². The zero-order valence-electron chi connectivity index (χ0n) is 7.16. The van der Waals surface area contributed by atoms with Crippen LogP contribution in [0.5, 0.6) is 5.75 Å². The van der Waals surface area contributed by atoms with Crippen molar-refractivity contribution in [2.24, 2.45) is 0 Å². The Bertz CT molecular complexity index is 314. The monoisotopic (exact) mass is 240 g/mol. The molecule has 13 heavy (non-hydrogen) atoms. The first-order chi connectivity index (χ1) is 6.26. The van der Waals surface area contributed by atoms with Gasteiger partial charge in [-0.3, -0.25) is 4.79 Å². The van der Waals surface area contributed by atoms with Crippen molar-refractivity contribution in [2.75, 3.05) is 7.11 Å². The number of carbonyl (C=O) groups excluding carboxylic acids is 1. The summed E-state index contributed by atoms with van der Waals surface area (Å²) in [6.07, 6.45) is 2.50. The predicted molar refractivity (Wildman–Crippen MR) is 56.0 cm³/mol. The van der Waals surface area contributed by atoms with E-state index in [0.29, 0.717) is 4.48 Å². The molecule has 0 heterocycles. The fourth-order valence-corrected chi connectivity index (χ4v) is 1.16. The van der Waals surface area contributed by atoms with Gasteiger partial charge in [-0.15, -0.1) is 0 Å². The van der Waals surface area contributed by atoms with Gasteiger partial charge in [0.1, 0.15) is 5.75 Å². The molecule has 0 aliphatic heterocycles. The largest absolute Gasteiger partial charge is 0.497 e. The molecule has 0 saturated heterocycles. The molecule has 0 bridgehead atoms. The van der Waals surface area contributed by atoms with E-state index in [0.717, 1.165) is 17.6 Å². The lowest BCUT2D eigenvalue weighted by Crippen LogP contribution is -1.81. The third-order valence-electron chi connectivity index (χ3n) is 1.53. The zero-order valence-corrected chi connectivity index (χ0v) is 8.74. The van der Waals surface area contributed by atoms with Gasteiger partial charge in [0.15, 0.2) is 6.29 Å². The molecule has 1 rings (SSSR count). The summed E-state index contributed by atoms with van der Waals surface area (Å²) in [6, 6.07) is 7.45. The van der Waals surface area contributed by atoms with Gasteiger partial charge in [-0.2, -0.15) is 0 Å². The van der Waals surface area contributed by atoms with Crippen LogP contribution in [0.25, 0.3) is 6.08 Å². The Labute approximate surface area is 85.3 Å². The molecular formula is C10H9BrO2. The van der Waals surface area contributed by atoms with Gasteiger partial charge in [-0.1, -0.05) is 12.1 Å². The van der Waals surface area contributed by atoms with Gasteiger partial charge in [0.25, 0.3) is 0 Å². The Morgan fingerprint density at radius 3 is 2.46 bits per heavy atom. The molecule has 0 amide bonds. The van der Waals surface area contributed by atoms with E-state index in [1.807, 2.05) is 24.3 Å². The number of benzene rings is 1. The molecule has 0 aliphatic rings. The molecule has 0 aliphatic carbocycles. The number of hydrogen-bond acceptors (Lipinski definition) is 2. The van der Waals surface area contributed by atoms with E-state index in [4.69, 9.17) is 4.74 Å². The first kappa shape index (κ1) is 9.99. The van der Waals surface area contributed by atoms with Crippen molar-refractivity contribution in [3.05, 3.63) is 34.3 Å². The Morgan fingerprint density at radius 2 is 2.00 bits per heavy atom. The standard InChI is InChI=1S/C10H9BrO2/c1-13-10-4-2-8(3-5-10)6-9(11)7-12/h2-7H,1H3/b9-6+. The van der Waals surface area contributed by atoms with Crippen LogP contribution in [0.2, 0.25) is 0 Å². The summed E-state index contributed by atoms with van der Waals surface area (Å²) in [6.45, 7) is 0. The molecule has 1 aromatic rings. The Morgan fingerprint density at radius 1 is 1.38 bits per heavy atom. The summed E-state index contributed by atoms with van der Waals surface area (Å²) >= 11 is 3.11. The van der Waals surface area contributed by atoms with E-state index in [1.54, 1.807) is 13.2 Å². The normalized spacial score (nSPS) is 11.1. The fourth-order valence-electron chi connectivity index (χ4n) is 0.893. The maximum absolute atomic E-state index is 10.3. The molecule has 68 valence electrons. The molecule has 0 saturated carbocycles. The lowest BCUT2D eigenvalue weighted by molar-refractivity contribution is -0.104. The summed E-state index contributed by atoms with van der Waals surface area (Å²) < 4.78 is 5.52. The Hall–Kier alpha value is -1.09. The molecule has 1 aromatic carbocycles. The minimum atomic E-state index is 0.526. The number of aldehydes is 1. The molecule has 2 nitrogen and oxygen atoms in total. The fraction of sp³-hybridized carbons (Fsp3) is 0.100. The van der Waals surface area contributed by atoms with Gasteiger partial charge in [0, 0.05) is 0 Å². The van der Waals surface area contributed by atoms with E-state index in [1.165, 1.54) is 0 Å². The second-order valence-electron chi connectivity index (χ2n) is 2.42. The number of methoxy groups -OCH3 is 1. The molecule has 0 spiro atoms. The summed E-state index contributed by atoms with van der Waals surface area (Å²) in [5.41, 5.74) is 0.958. The molecule has 0 aromatic heterocycles. The van der Waals surface area contributed by atoms with E-state index >= 15 is 0 Å². The van der Waals surface area contributed by atoms with Crippen LogP contribution in [-0.4, -0.2) is 13.4 Å². The Kier molecular flexibility index (Phi) is 3.71. The summed E-state index contributed by atoms with van der Waals surface area (Å²) in [4.78, 5) is 10.3. The van der Waals surface area contributed by atoms with Gasteiger partial charge in [-0.25, -0.2) is 0 Å². The third kappa shape index (κ3) is 3.03. The highest BCUT2D eigenvalue weighted by atomic mass is 79.9. The minimum Gasteiger partial charge on any atom is -0.497 e.